The number of para-hydroxylation sites is 4. The van der Waals surface area contributed by atoms with E-state index in [0.717, 1.165) is 0 Å². The molecule has 0 atom stereocenters. The highest BCUT2D eigenvalue weighted by molar-refractivity contribution is 5.60. The van der Waals surface area contributed by atoms with Crippen molar-refractivity contribution >= 4 is 22.7 Å². The van der Waals surface area contributed by atoms with Gasteiger partial charge in [-0.05, 0) is 12.1 Å². The first-order valence-corrected chi connectivity index (χ1v) is 5.91. The summed E-state index contributed by atoms with van der Waals surface area (Å²) in [6.07, 6.45) is 0. The van der Waals surface area contributed by atoms with Gasteiger partial charge in [0.25, 0.3) is 11.4 Å². The Hall–Kier alpha value is -3.24. The molecule has 22 heavy (non-hydrogen) atoms. The van der Waals surface area contributed by atoms with Crippen LogP contribution in [-0.2, 0) is 0 Å². The van der Waals surface area contributed by atoms with Crippen molar-refractivity contribution < 1.29 is 9.85 Å². The number of nitro groups is 2. The zero-order valence-corrected chi connectivity index (χ0v) is 11.3. The molecule has 0 aliphatic rings. The van der Waals surface area contributed by atoms with E-state index in [1.54, 1.807) is 24.3 Å². The van der Waals surface area contributed by atoms with E-state index in [1.165, 1.54) is 24.3 Å². The number of nitro benzene ring substituents is 2. The third-order valence-electron chi connectivity index (χ3n) is 2.51. The van der Waals surface area contributed by atoms with E-state index in [1.807, 2.05) is 0 Å². The third-order valence-corrected chi connectivity index (χ3v) is 2.51. The first kappa shape index (κ1) is 16.8. The quantitative estimate of drug-likeness (QED) is 0.377. The summed E-state index contributed by atoms with van der Waals surface area (Å²) in [7, 11) is 0. The Morgan fingerprint density at radius 2 is 1.05 bits per heavy atom. The van der Waals surface area contributed by atoms with Crippen molar-refractivity contribution in [3.05, 3.63) is 68.8 Å². The molecule has 0 radical (unpaired) electrons. The molecule has 10 nitrogen and oxygen atoms in total. The van der Waals surface area contributed by atoms with Crippen molar-refractivity contribution in [1.82, 2.24) is 0 Å². The molecule has 0 amide bonds. The van der Waals surface area contributed by atoms with Gasteiger partial charge in [-0.25, -0.2) is 0 Å². The van der Waals surface area contributed by atoms with E-state index in [0.29, 0.717) is 11.4 Å². The molecule has 0 saturated carbocycles. The molecule has 10 heteroatoms. The van der Waals surface area contributed by atoms with E-state index >= 15 is 0 Å². The van der Waals surface area contributed by atoms with Gasteiger partial charge in [-0.15, -0.1) is 0 Å². The van der Waals surface area contributed by atoms with Crippen molar-refractivity contribution in [3.63, 3.8) is 0 Å². The Bertz CT molecular complexity index is 606. The van der Waals surface area contributed by atoms with Crippen molar-refractivity contribution in [2.24, 2.45) is 11.7 Å². The van der Waals surface area contributed by atoms with Gasteiger partial charge in [0.1, 0.15) is 11.4 Å². The van der Waals surface area contributed by atoms with Crippen molar-refractivity contribution in [2.75, 3.05) is 10.9 Å². The van der Waals surface area contributed by atoms with Crippen LogP contribution in [0, 0.1) is 20.2 Å². The lowest BCUT2D eigenvalue weighted by atomic mass is 10.3. The first-order valence-electron chi connectivity index (χ1n) is 5.91. The molecule has 0 heterocycles. The average Bonchev–Trinajstić information content (AvgIpc) is 2.55. The van der Waals surface area contributed by atoms with E-state index in [9.17, 15) is 20.2 Å². The van der Waals surface area contributed by atoms with E-state index in [4.69, 9.17) is 11.7 Å². The van der Waals surface area contributed by atoms with Crippen LogP contribution in [0.2, 0.25) is 0 Å². The molecule has 2 aromatic rings. The Labute approximate surface area is 125 Å². The van der Waals surface area contributed by atoms with E-state index in [-0.39, 0.29) is 11.4 Å². The molecule has 0 spiro atoms. The van der Waals surface area contributed by atoms with Crippen LogP contribution in [-0.4, -0.2) is 9.85 Å². The molecule has 2 aromatic carbocycles. The lowest BCUT2D eigenvalue weighted by Crippen LogP contribution is -2.08. The molecule has 116 valence electrons. The summed E-state index contributed by atoms with van der Waals surface area (Å²) < 4.78 is 0. The summed E-state index contributed by atoms with van der Waals surface area (Å²) in [5.41, 5.74) is 5.07. The number of nitrogen functional groups attached to an aromatic ring is 2. The maximum atomic E-state index is 10.3. The molecular weight excluding hydrogens is 292 g/mol. The minimum atomic E-state index is -0.491. The van der Waals surface area contributed by atoms with Gasteiger partial charge in [0.15, 0.2) is 0 Å². The fourth-order valence-corrected chi connectivity index (χ4v) is 1.51. The second-order valence-electron chi connectivity index (χ2n) is 3.84. The van der Waals surface area contributed by atoms with Crippen LogP contribution in [0.3, 0.4) is 0 Å². The standard InChI is InChI=1S/2C6H7N3O2/c2*7-8-5-3-1-2-4-6(5)9(10)11/h2*1-4,8H,7H2. The van der Waals surface area contributed by atoms with E-state index < -0.39 is 9.85 Å². The molecule has 0 aliphatic heterocycles. The van der Waals surface area contributed by atoms with Crippen LogP contribution in [0.5, 0.6) is 0 Å². The van der Waals surface area contributed by atoms with Crippen LogP contribution in [0.1, 0.15) is 0 Å². The maximum Gasteiger partial charge on any atom is 0.293 e. The molecular formula is C12H14N6O4. The van der Waals surface area contributed by atoms with Gasteiger partial charge in [-0.2, -0.15) is 0 Å². The first-order chi connectivity index (χ1) is 10.5. The van der Waals surface area contributed by atoms with Gasteiger partial charge in [-0.3, -0.25) is 31.9 Å². The van der Waals surface area contributed by atoms with Gasteiger partial charge in [0.2, 0.25) is 0 Å². The van der Waals surface area contributed by atoms with Gasteiger partial charge >= 0.3 is 0 Å². The normalized spacial score (nSPS) is 9.18. The predicted molar refractivity (Wildman–Crippen MR) is 81.8 cm³/mol. The summed E-state index contributed by atoms with van der Waals surface area (Å²) in [6, 6.07) is 12.4. The highest BCUT2D eigenvalue weighted by atomic mass is 16.6. The number of hydrazine groups is 2. The fraction of sp³-hybridized carbons (Fsp3) is 0. The highest BCUT2D eigenvalue weighted by Gasteiger charge is 2.10. The molecule has 0 fully saturated rings. The van der Waals surface area contributed by atoms with Gasteiger partial charge in [-0.1, -0.05) is 24.3 Å². The molecule has 0 aliphatic carbocycles. The lowest BCUT2D eigenvalue weighted by molar-refractivity contribution is -0.384. The fourth-order valence-electron chi connectivity index (χ4n) is 1.51. The van der Waals surface area contributed by atoms with Crippen molar-refractivity contribution in [1.29, 1.82) is 0 Å². The number of benzene rings is 2. The molecule has 0 unspecified atom stereocenters. The number of nitrogens with two attached hydrogens (primary N) is 2. The summed E-state index contributed by atoms with van der Waals surface area (Å²) in [4.78, 5) is 19.6. The second-order valence-corrected chi connectivity index (χ2v) is 3.84. The molecule has 0 saturated heterocycles. The SMILES string of the molecule is NNc1ccccc1[N+](=O)[O-].NNc1ccccc1[N+](=O)[O-]. The Morgan fingerprint density at radius 1 is 0.727 bits per heavy atom. The Kier molecular flexibility index (Phi) is 6.22. The predicted octanol–water partition coefficient (Wildman–Crippen LogP) is 1.76. The average molecular weight is 306 g/mol. The third kappa shape index (κ3) is 4.40. The Morgan fingerprint density at radius 3 is 1.27 bits per heavy atom. The van der Waals surface area contributed by atoms with E-state index in [2.05, 4.69) is 10.9 Å². The van der Waals surface area contributed by atoms with Crippen molar-refractivity contribution in [2.45, 2.75) is 0 Å². The van der Waals surface area contributed by atoms with Crippen LogP contribution in [0.4, 0.5) is 22.7 Å². The summed E-state index contributed by atoms with van der Waals surface area (Å²) in [5, 5.41) is 20.6. The molecule has 0 aromatic heterocycles. The van der Waals surface area contributed by atoms with Gasteiger partial charge in [0.05, 0.1) is 9.85 Å². The van der Waals surface area contributed by atoms with Gasteiger partial charge < -0.3 is 10.9 Å². The van der Waals surface area contributed by atoms with Crippen LogP contribution in [0.15, 0.2) is 48.5 Å². The molecule has 6 N–H and O–H groups in total. The number of anilines is 2. The van der Waals surface area contributed by atoms with Gasteiger partial charge in [0, 0.05) is 12.1 Å². The second kappa shape index (κ2) is 8.14. The number of hydrogen-bond acceptors (Lipinski definition) is 8. The lowest BCUT2D eigenvalue weighted by Gasteiger charge is -1.98. The molecule has 0 bridgehead atoms. The van der Waals surface area contributed by atoms with Crippen LogP contribution < -0.4 is 22.5 Å². The topological polar surface area (TPSA) is 162 Å². The minimum absolute atomic E-state index is 0.0185. The number of nitrogens with one attached hydrogen (secondary N) is 2. The zero-order valence-electron chi connectivity index (χ0n) is 11.3. The monoisotopic (exact) mass is 306 g/mol. The summed E-state index contributed by atoms with van der Waals surface area (Å²) in [6.45, 7) is 0. The van der Waals surface area contributed by atoms with Crippen LogP contribution >= 0.6 is 0 Å². The maximum absolute atomic E-state index is 10.3. The smallest absolute Gasteiger partial charge is 0.293 e. The molecule has 2 rings (SSSR count). The highest BCUT2D eigenvalue weighted by Crippen LogP contribution is 2.22. The Balaban J connectivity index is 0.000000220. The van der Waals surface area contributed by atoms with Crippen LogP contribution in [0.25, 0.3) is 0 Å². The summed E-state index contributed by atoms with van der Waals surface area (Å²) >= 11 is 0. The van der Waals surface area contributed by atoms with Crippen molar-refractivity contribution in [3.8, 4) is 0 Å². The number of hydrogen-bond donors (Lipinski definition) is 4. The number of rotatable bonds is 4. The zero-order chi connectivity index (χ0) is 16.5. The summed E-state index contributed by atoms with van der Waals surface area (Å²) in [5.74, 6) is 10.1. The largest absolute Gasteiger partial charge is 0.318 e. The number of nitrogens with zero attached hydrogens (tertiary/aromatic N) is 2. The minimum Gasteiger partial charge on any atom is -0.318 e.